The molecule has 1 aromatic rings. The minimum absolute atomic E-state index is 0. The van der Waals surface area contributed by atoms with Gasteiger partial charge >= 0.3 is 0 Å². The van der Waals surface area contributed by atoms with E-state index in [1.165, 1.54) is 16.4 Å². The normalized spacial score (nSPS) is 15.7. The van der Waals surface area contributed by atoms with E-state index in [2.05, 4.69) is 5.32 Å². The first-order chi connectivity index (χ1) is 10.9. The quantitative estimate of drug-likeness (QED) is 0.721. The zero-order chi connectivity index (χ0) is 17.0. The Balaban J connectivity index is 0.00000288. The van der Waals surface area contributed by atoms with Crippen molar-refractivity contribution in [2.75, 3.05) is 19.6 Å². The molecule has 1 aliphatic carbocycles. The first-order valence-corrected chi connectivity index (χ1v) is 9.49. The molecule has 1 atom stereocenters. The van der Waals surface area contributed by atoms with Gasteiger partial charge in [-0.25, -0.2) is 8.42 Å². The Labute approximate surface area is 150 Å². The number of hydrogen-bond acceptors (Lipinski definition) is 4. The molecule has 136 valence electrons. The Morgan fingerprint density at radius 1 is 1.33 bits per heavy atom. The van der Waals surface area contributed by atoms with Crippen LogP contribution in [0.2, 0.25) is 0 Å². The molecule has 1 fully saturated rings. The number of benzene rings is 1. The standard InChI is InChI=1S/C16H25N3O3S.ClH/c1-3-19(4-2)23(21,22)14-7-5-6-13(10-14)16(20)18-15(11-17)12-8-9-12;/h5-7,10,12,15H,3-4,8-9,11,17H2,1-2H3,(H,18,20);1H. The Kier molecular flexibility index (Phi) is 7.66. The first-order valence-electron chi connectivity index (χ1n) is 8.05. The van der Waals surface area contributed by atoms with Gasteiger partial charge in [0.25, 0.3) is 5.91 Å². The molecule has 0 bridgehead atoms. The van der Waals surface area contributed by atoms with Gasteiger partial charge in [-0.2, -0.15) is 4.31 Å². The molecule has 0 heterocycles. The second-order valence-electron chi connectivity index (χ2n) is 5.77. The maximum absolute atomic E-state index is 12.5. The summed E-state index contributed by atoms with van der Waals surface area (Å²) in [5.41, 5.74) is 6.04. The predicted octanol–water partition coefficient (Wildman–Crippen LogP) is 1.61. The van der Waals surface area contributed by atoms with Crippen LogP contribution in [-0.4, -0.2) is 44.3 Å². The average Bonchev–Trinajstić information content (AvgIpc) is 3.38. The van der Waals surface area contributed by atoms with Crippen molar-refractivity contribution in [1.82, 2.24) is 9.62 Å². The van der Waals surface area contributed by atoms with Crippen LogP contribution in [0, 0.1) is 5.92 Å². The molecule has 6 nitrogen and oxygen atoms in total. The molecule has 1 unspecified atom stereocenters. The second kappa shape index (κ2) is 8.80. The van der Waals surface area contributed by atoms with Gasteiger partial charge in [-0.3, -0.25) is 4.79 Å². The molecule has 0 aliphatic heterocycles. The predicted molar refractivity (Wildman–Crippen MR) is 96.8 cm³/mol. The maximum Gasteiger partial charge on any atom is 0.251 e. The van der Waals surface area contributed by atoms with Crippen molar-refractivity contribution in [2.24, 2.45) is 11.7 Å². The van der Waals surface area contributed by atoms with Gasteiger partial charge in [0.1, 0.15) is 0 Å². The van der Waals surface area contributed by atoms with Crippen molar-refractivity contribution in [1.29, 1.82) is 0 Å². The van der Waals surface area contributed by atoms with E-state index >= 15 is 0 Å². The van der Waals surface area contributed by atoms with Crippen LogP contribution in [0.15, 0.2) is 29.2 Å². The van der Waals surface area contributed by atoms with Gasteiger partial charge in [0.15, 0.2) is 0 Å². The summed E-state index contributed by atoms with van der Waals surface area (Å²) in [6.07, 6.45) is 2.16. The monoisotopic (exact) mass is 375 g/mol. The van der Waals surface area contributed by atoms with Gasteiger partial charge in [-0.05, 0) is 37.0 Å². The van der Waals surface area contributed by atoms with Gasteiger partial charge in [0.05, 0.1) is 4.90 Å². The van der Waals surface area contributed by atoms with Crippen LogP contribution in [0.25, 0.3) is 0 Å². The number of amides is 1. The van der Waals surface area contributed by atoms with Crippen LogP contribution in [0.4, 0.5) is 0 Å². The molecule has 8 heteroatoms. The third-order valence-electron chi connectivity index (χ3n) is 4.20. The molecule has 1 amide bonds. The summed E-state index contributed by atoms with van der Waals surface area (Å²) >= 11 is 0. The van der Waals surface area contributed by atoms with Gasteiger partial charge in [-0.1, -0.05) is 19.9 Å². The van der Waals surface area contributed by atoms with Crippen molar-refractivity contribution in [3.05, 3.63) is 29.8 Å². The maximum atomic E-state index is 12.5. The lowest BCUT2D eigenvalue weighted by molar-refractivity contribution is 0.0933. The highest BCUT2D eigenvalue weighted by Gasteiger charge is 2.31. The molecular weight excluding hydrogens is 350 g/mol. The summed E-state index contributed by atoms with van der Waals surface area (Å²) in [5.74, 6) is 0.176. The smallest absolute Gasteiger partial charge is 0.251 e. The van der Waals surface area contributed by atoms with E-state index < -0.39 is 10.0 Å². The third kappa shape index (κ3) is 4.69. The Morgan fingerprint density at radius 2 is 1.96 bits per heavy atom. The number of carbonyl (C=O) groups is 1. The van der Waals surface area contributed by atoms with Crippen molar-refractivity contribution >= 4 is 28.3 Å². The summed E-state index contributed by atoms with van der Waals surface area (Å²) in [4.78, 5) is 12.5. The van der Waals surface area contributed by atoms with Crippen LogP contribution in [0.3, 0.4) is 0 Å². The van der Waals surface area contributed by atoms with E-state index in [9.17, 15) is 13.2 Å². The highest BCUT2D eigenvalue weighted by Crippen LogP contribution is 2.32. The average molecular weight is 376 g/mol. The summed E-state index contributed by atoms with van der Waals surface area (Å²) in [6.45, 7) is 4.77. The van der Waals surface area contributed by atoms with Crippen LogP contribution >= 0.6 is 12.4 Å². The summed E-state index contributed by atoms with van der Waals surface area (Å²) in [7, 11) is -3.57. The number of halogens is 1. The minimum atomic E-state index is -3.57. The fourth-order valence-electron chi connectivity index (χ4n) is 2.63. The highest BCUT2D eigenvalue weighted by molar-refractivity contribution is 7.89. The molecular formula is C16H26ClN3O3S. The van der Waals surface area contributed by atoms with Crippen molar-refractivity contribution in [3.63, 3.8) is 0 Å². The second-order valence-corrected chi connectivity index (χ2v) is 7.71. The Bertz CT molecular complexity index is 658. The molecule has 1 saturated carbocycles. The number of nitrogens with zero attached hydrogens (tertiary/aromatic N) is 1. The molecule has 0 spiro atoms. The lowest BCUT2D eigenvalue weighted by atomic mass is 10.1. The number of rotatable bonds is 8. The SMILES string of the molecule is CCN(CC)S(=O)(=O)c1cccc(C(=O)NC(CN)C2CC2)c1.Cl. The number of nitrogens with one attached hydrogen (secondary N) is 1. The first kappa shape index (κ1) is 20.9. The van der Waals surface area contributed by atoms with Crippen molar-refractivity contribution < 1.29 is 13.2 Å². The third-order valence-corrected chi connectivity index (χ3v) is 6.25. The minimum Gasteiger partial charge on any atom is -0.348 e. The van der Waals surface area contributed by atoms with Crippen molar-refractivity contribution in [2.45, 2.75) is 37.6 Å². The van der Waals surface area contributed by atoms with Gasteiger partial charge in [-0.15, -0.1) is 12.4 Å². The van der Waals surface area contributed by atoms with Crippen molar-refractivity contribution in [3.8, 4) is 0 Å². The highest BCUT2D eigenvalue weighted by atomic mass is 35.5. The molecule has 0 aromatic heterocycles. The number of sulfonamides is 1. The van der Waals surface area contributed by atoms with Crippen LogP contribution in [-0.2, 0) is 10.0 Å². The molecule has 2 rings (SSSR count). The molecule has 24 heavy (non-hydrogen) atoms. The van der Waals surface area contributed by atoms with E-state index in [0.29, 0.717) is 31.1 Å². The lowest BCUT2D eigenvalue weighted by Crippen LogP contribution is -2.41. The summed E-state index contributed by atoms with van der Waals surface area (Å²) < 4.78 is 26.5. The molecule has 0 radical (unpaired) electrons. The Morgan fingerprint density at radius 3 is 2.46 bits per heavy atom. The number of nitrogens with two attached hydrogens (primary N) is 1. The summed E-state index contributed by atoms with van der Waals surface area (Å²) in [6, 6.07) is 6.14. The Hall–Kier alpha value is -1.15. The lowest BCUT2D eigenvalue weighted by Gasteiger charge is -2.19. The molecule has 3 N–H and O–H groups in total. The van der Waals surface area contributed by atoms with Crippen LogP contribution < -0.4 is 11.1 Å². The molecule has 1 aliphatic rings. The van der Waals surface area contributed by atoms with Gasteiger partial charge < -0.3 is 11.1 Å². The zero-order valence-corrected chi connectivity index (χ0v) is 15.7. The molecule has 1 aromatic carbocycles. The fourth-order valence-corrected chi connectivity index (χ4v) is 4.13. The van der Waals surface area contributed by atoms with E-state index in [1.807, 2.05) is 0 Å². The number of carbonyl (C=O) groups excluding carboxylic acids is 1. The van der Waals surface area contributed by atoms with Gasteiger partial charge in [0, 0.05) is 31.2 Å². The largest absolute Gasteiger partial charge is 0.348 e. The van der Waals surface area contributed by atoms with E-state index in [0.717, 1.165) is 12.8 Å². The van der Waals surface area contributed by atoms with E-state index in [4.69, 9.17) is 5.73 Å². The summed E-state index contributed by atoms with van der Waals surface area (Å²) in [5, 5.41) is 2.91. The zero-order valence-electron chi connectivity index (χ0n) is 14.1. The molecule has 0 saturated heterocycles. The van der Waals surface area contributed by atoms with Crippen LogP contribution in [0.1, 0.15) is 37.0 Å². The fraction of sp³-hybridized carbons (Fsp3) is 0.562. The van der Waals surface area contributed by atoms with Crippen LogP contribution in [0.5, 0.6) is 0 Å². The van der Waals surface area contributed by atoms with E-state index in [1.54, 1.807) is 26.0 Å². The topological polar surface area (TPSA) is 92.5 Å². The van der Waals surface area contributed by atoms with E-state index in [-0.39, 0.29) is 29.3 Å². The van der Waals surface area contributed by atoms with Gasteiger partial charge in [0.2, 0.25) is 10.0 Å². The number of hydrogen-bond donors (Lipinski definition) is 2.